The van der Waals surface area contributed by atoms with E-state index in [4.69, 9.17) is 0 Å². The van der Waals surface area contributed by atoms with Crippen molar-refractivity contribution >= 4 is 0 Å². The number of fused-ring (bicyclic) bond motifs is 3. The molecular weight excluding hydrogens is 334 g/mol. The minimum atomic E-state index is -0.937. The van der Waals surface area contributed by atoms with Crippen molar-refractivity contribution in [1.82, 2.24) is 14.7 Å². The molecule has 0 amide bonds. The molecule has 4 saturated heterocycles. The van der Waals surface area contributed by atoms with Crippen molar-refractivity contribution < 1.29 is 5.11 Å². The van der Waals surface area contributed by atoms with E-state index in [1.54, 1.807) is 13.8 Å². The van der Waals surface area contributed by atoms with Crippen molar-refractivity contribution in [2.45, 2.75) is 44.9 Å². The van der Waals surface area contributed by atoms with Gasteiger partial charge in [0.05, 0.1) is 0 Å². The van der Waals surface area contributed by atoms with Gasteiger partial charge >= 0.3 is 0 Å². The van der Waals surface area contributed by atoms with Crippen LogP contribution in [0.2, 0.25) is 0 Å². The SMILES string of the molecule is CC(C)(O)C#Cc1ccc(CN2CCN(C3CN4CCC3CC4)CC2)cc1. The molecular formula is C23H33N3O. The second-order valence-electron chi connectivity index (χ2n) is 9.02. The van der Waals surface area contributed by atoms with Crippen LogP contribution in [0.15, 0.2) is 24.3 Å². The molecule has 4 aliphatic heterocycles. The van der Waals surface area contributed by atoms with Gasteiger partial charge in [0.1, 0.15) is 5.60 Å². The molecule has 27 heavy (non-hydrogen) atoms. The zero-order valence-corrected chi connectivity index (χ0v) is 16.8. The van der Waals surface area contributed by atoms with E-state index in [-0.39, 0.29) is 0 Å². The summed E-state index contributed by atoms with van der Waals surface area (Å²) in [6.07, 6.45) is 2.82. The first-order valence-corrected chi connectivity index (χ1v) is 10.5. The first-order chi connectivity index (χ1) is 13.0. The Balaban J connectivity index is 1.27. The number of rotatable bonds is 3. The maximum absolute atomic E-state index is 9.71. The summed E-state index contributed by atoms with van der Waals surface area (Å²) in [7, 11) is 0. The minimum absolute atomic E-state index is 0.809. The van der Waals surface area contributed by atoms with Crippen LogP contribution in [0.3, 0.4) is 0 Å². The van der Waals surface area contributed by atoms with Gasteiger partial charge in [0.2, 0.25) is 0 Å². The van der Waals surface area contributed by atoms with Crippen LogP contribution in [0.5, 0.6) is 0 Å². The maximum atomic E-state index is 9.71. The first-order valence-electron chi connectivity index (χ1n) is 10.5. The summed E-state index contributed by atoms with van der Waals surface area (Å²) in [5.41, 5.74) is 1.38. The third-order valence-electron chi connectivity index (χ3n) is 6.37. The number of hydrogen-bond acceptors (Lipinski definition) is 4. The second kappa shape index (κ2) is 7.93. The van der Waals surface area contributed by atoms with Gasteiger partial charge in [0.15, 0.2) is 0 Å². The molecule has 1 unspecified atom stereocenters. The molecule has 4 aliphatic rings. The quantitative estimate of drug-likeness (QED) is 0.828. The summed E-state index contributed by atoms with van der Waals surface area (Å²) in [6, 6.07) is 9.29. The average Bonchev–Trinajstić information content (AvgIpc) is 2.68. The molecule has 4 nitrogen and oxygen atoms in total. The highest BCUT2D eigenvalue weighted by atomic mass is 16.3. The number of piperidine rings is 3. The van der Waals surface area contributed by atoms with Gasteiger partial charge in [-0.05, 0) is 63.4 Å². The van der Waals surface area contributed by atoms with Crippen molar-refractivity contribution in [2.24, 2.45) is 5.92 Å². The highest BCUT2D eigenvalue weighted by molar-refractivity contribution is 5.37. The van der Waals surface area contributed by atoms with Crippen molar-refractivity contribution in [2.75, 3.05) is 45.8 Å². The third-order valence-corrected chi connectivity index (χ3v) is 6.37. The van der Waals surface area contributed by atoms with Gasteiger partial charge in [-0.3, -0.25) is 9.80 Å². The maximum Gasteiger partial charge on any atom is 0.120 e. The Morgan fingerprint density at radius 2 is 1.67 bits per heavy atom. The molecule has 4 heterocycles. The Bertz CT molecular complexity index is 681. The standard InChI is InChI=1S/C23H33N3O/c1-23(2,27)10-7-19-3-5-20(6-4-19)17-25-13-15-26(16-14-25)22-18-24-11-8-21(22)9-12-24/h3-6,21-22,27H,8-9,11-18H2,1-2H3. The molecule has 0 aromatic heterocycles. The number of hydrogen-bond donors (Lipinski definition) is 1. The van der Waals surface area contributed by atoms with Crippen LogP contribution in [0.1, 0.15) is 37.8 Å². The van der Waals surface area contributed by atoms with Gasteiger partial charge in [-0.25, -0.2) is 0 Å². The lowest BCUT2D eigenvalue weighted by molar-refractivity contribution is -0.0162. The van der Waals surface area contributed by atoms with Gasteiger partial charge in [0, 0.05) is 50.9 Å². The lowest BCUT2D eigenvalue weighted by Crippen LogP contribution is -2.60. The zero-order chi connectivity index (χ0) is 18.9. The molecule has 0 radical (unpaired) electrons. The lowest BCUT2D eigenvalue weighted by atomic mass is 9.83. The normalized spacial score (nSPS) is 29.4. The number of aliphatic hydroxyl groups is 1. The molecule has 4 fully saturated rings. The van der Waals surface area contributed by atoms with E-state index in [9.17, 15) is 5.11 Å². The van der Waals surface area contributed by atoms with E-state index in [1.807, 2.05) is 0 Å². The van der Waals surface area contributed by atoms with Crippen molar-refractivity contribution in [3.05, 3.63) is 35.4 Å². The van der Waals surface area contributed by atoms with Gasteiger partial charge in [-0.2, -0.15) is 0 Å². The highest BCUT2D eigenvalue weighted by Crippen LogP contribution is 2.31. The molecule has 2 bridgehead atoms. The Morgan fingerprint density at radius 3 is 2.22 bits per heavy atom. The molecule has 4 heteroatoms. The van der Waals surface area contributed by atoms with Crippen LogP contribution in [0, 0.1) is 17.8 Å². The van der Waals surface area contributed by atoms with Crippen LogP contribution in [0.4, 0.5) is 0 Å². The first kappa shape index (κ1) is 19.0. The largest absolute Gasteiger partial charge is 0.378 e. The predicted octanol–water partition coefficient (Wildman–Crippen LogP) is 2.02. The molecule has 1 atom stereocenters. The average molecular weight is 368 g/mol. The second-order valence-corrected chi connectivity index (χ2v) is 9.02. The van der Waals surface area contributed by atoms with E-state index in [2.05, 4.69) is 50.8 Å². The molecule has 146 valence electrons. The molecule has 0 aliphatic carbocycles. The molecule has 1 N–H and O–H groups in total. The predicted molar refractivity (Wildman–Crippen MR) is 109 cm³/mol. The van der Waals surface area contributed by atoms with Gasteiger partial charge < -0.3 is 10.0 Å². The summed E-state index contributed by atoms with van der Waals surface area (Å²) in [4.78, 5) is 8.01. The molecule has 0 saturated carbocycles. The molecule has 5 rings (SSSR count). The Morgan fingerprint density at radius 1 is 1.00 bits per heavy atom. The van der Waals surface area contributed by atoms with E-state index < -0.39 is 5.60 Å². The van der Waals surface area contributed by atoms with Gasteiger partial charge in [-0.15, -0.1) is 0 Å². The van der Waals surface area contributed by atoms with Crippen molar-refractivity contribution in [3.8, 4) is 11.8 Å². The van der Waals surface area contributed by atoms with Crippen LogP contribution < -0.4 is 0 Å². The smallest absolute Gasteiger partial charge is 0.120 e. The Kier molecular flexibility index (Phi) is 5.57. The van der Waals surface area contributed by atoms with Crippen LogP contribution in [-0.2, 0) is 6.54 Å². The number of benzene rings is 1. The van der Waals surface area contributed by atoms with E-state index in [1.165, 1.54) is 64.2 Å². The topological polar surface area (TPSA) is 30.0 Å². The van der Waals surface area contributed by atoms with Gasteiger partial charge in [0.25, 0.3) is 0 Å². The summed E-state index contributed by atoms with van der Waals surface area (Å²) >= 11 is 0. The fourth-order valence-electron chi connectivity index (χ4n) is 4.78. The van der Waals surface area contributed by atoms with E-state index >= 15 is 0 Å². The van der Waals surface area contributed by atoms with Crippen molar-refractivity contribution in [3.63, 3.8) is 0 Å². The summed E-state index contributed by atoms with van der Waals surface area (Å²) in [5, 5.41) is 9.71. The highest BCUT2D eigenvalue weighted by Gasteiger charge is 2.38. The van der Waals surface area contributed by atoms with E-state index in [0.29, 0.717) is 0 Å². The van der Waals surface area contributed by atoms with Crippen LogP contribution in [-0.4, -0.2) is 77.3 Å². The summed E-state index contributed by atoms with van der Waals surface area (Å²) in [5.74, 6) is 6.86. The van der Waals surface area contributed by atoms with Gasteiger partial charge in [-0.1, -0.05) is 24.0 Å². The lowest BCUT2D eigenvalue weighted by Gasteiger charge is -2.51. The summed E-state index contributed by atoms with van der Waals surface area (Å²) < 4.78 is 0. The van der Waals surface area contributed by atoms with Crippen LogP contribution >= 0.6 is 0 Å². The number of nitrogens with zero attached hydrogens (tertiary/aromatic N) is 3. The minimum Gasteiger partial charge on any atom is -0.378 e. The Labute approximate surface area is 164 Å². The molecule has 1 aromatic carbocycles. The Hall–Kier alpha value is -1.38. The monoisotopic (exact) mass is 367 g/mol. The fraction of sp³-hybridized carbons (Fsp3) is 0.652. The zero-order valence-electron chi connectivity index (χ0n) is 16.8. The van der Waals surface area contributed by atoms with Crippen molar-refractivity contribution in [1.29, 1.82) is 0 Å². The number of piperazine rings is 1. The summed E-state index contributed by atoms with van der Waals surface area (Å²) in [6.45, 7) is 13.2. The van der Waals surface area contributed by atoms with E-state index in [0.717, 1.165) is 24.1 Å². The van der Waals surface area contributed by atoms with Crippen LogP contribution in [0.25, 0.3) is 0 Å². The fourth-order valence-corrected chi connectivity index (χ4v) is 4.78. The molecule has 0 spiro atoms. The third kappa shape index (κ3) is 4.92. The molecule has 1 aromatic rings.